The van der Waals surface area contributed by atoms with Crippen molar-refractivity contribution in [2.45, 2.75) is 38.1 Å². The zero-order valence-corrected chi connectivity index (χ0v) is 12.9. The molecule has 4 rings (SSSR count). The van der Waals surface area contributed by atoms with Gasteiger partial charge >= 0.3 is 0 Å². The summed E-state index contributed by atoms with van der Waals surface area (Å²) in [5, 5.41) is 2.68. The SMILES string of the molecule is c1ccc2c(CN3CCCCC3C3OCCO3)cccc2c1. The van der Waals surface area contributed by atoms with Crippen LogP contribution in [-0.4, -0.2) is 37.0 Å². The van der Waals surface area contributed by atoms with Gasteiger partial charge in [0, 0.05) is 6.54 Å². The van der Waals surface area contributed by atoms with Crippen molar-refractivity contribution in [2.75, 3.05) is 19.8 Å². The summed E-state index contributed by atoms with van der Waals surface area (Å²) in [7, 11) is 0. The molecule has 2 aliphatic heterocycles. The van der Waals surface area contributed by atoms with Crippen LogP contribution in [-0.2, 0) is 16.0 Å². The predicted molar refractivity (Wildman–Crippen MR) is 87.7 cm³/mol. The third-order valence-corrected chi connectivity index (χ3v) is 4.88. The molecular weight excluding hydrogens is 274 g/mol. The monoisotopic (exact) mass is 297 g/mol. The third-order valence-electron chi connectivity index (χ3n) is 4.88. The Morgan fingerprint density at radius 3 is 2.68 bits per heavy atom. The van der Waals surface area contributed by atoms with E-state index < -0.39 is 0 Å². The van der Waals surface area contributed by atoms with E-state index in [1.807, 2.05) is 0 Å². The molecule has 3 nitrogen and oxygen atoms in total. The smallest absolute Gasteiger partial charge is 0.173 e. The van der Waals surface area contributed by atoms with E-state index in [1.54, 1.807) is 0 Å². The zero-order valence-electron chi connectivity index (χ0n) is 12.9. The highest BCUT2D eigenvalue weighted by Gasteiger charge is 2.33. The van der Waals surface area contributed by atoms with Crippen LogP contribution in [0.4, 0.5) is 0 Å². The molecule has 0 amide bonds. The molecule has 116 valence electrons. The highest BCUT2D eigenvalue weighted by molar-refractivity contribution is 5.85. The number of rotatable bonds is 3. The van der Waals surface area contributed by atoms with E-state index in [1.165, 1.54) is 35.6 Å². The predicted octanol–water partition coefficient (Wildman–Crippen LogP) is 3.57. The molecule has 0 aliphatic carbocycles. The van der Waals surface area contributed by atoms with Crippen molar-refractivity contribution in [3.05, 3.63) is 48.0 Å². The van der Waals surface area contributed by atoms with Crippen LogP contribution in [0.15, 0.2) is 42.5 Å². The summed E-state index contributed by atoms with van der Waals surface area (Å²) in [4.78, 5) is 2.56. The number of likely N-dealkylation sites (tertiary alicyclic amines) is 1. The maximum absolute atomic E-state index is 5.78. The number of ether oxygens (including phenoxy) is 2. The second-order valence-corrected chi connectivity index (χ2v) is 6.28. The van der Waals surface area contributed by atoms with Gasteiger partial charge in [0.15, 0.2) is 6.29 Å². The highest BCUT2D eigenvalue weighted by Crippen LogP contribution is 2.28. The molecule has 2 aliphatic rings. The van der Waals surface area contributed by atoms with E-state index >= 15 is 0 Å². The van der Waals surface area contributed by atoms with Gasteiger partial charge in [-0.15, -0.1) is 0 Å². The molecular formula is C19H23NO2. The Hall–Kier alpha value is -1.42. The number of hydrogen-bond acceptors (Lipinski definition) is 3. The molecule has 0 aromatic heterocycles. The summed E-state index contributed by atoms with van der Waals surface area (Å²) in [5.41, 5.74) is 1.41. The fourth-order valence-electron chi connectivity index (χ4n) is 3.77. The summed E-state index contributed by atoms with van der Waals surface area (Å²) in [6.45, 7) is 3.60. The fraction of sp³-hybridized carbons (Fsp3) is 0.474. The van der Waals surface area contributed by atoms with Crippen LogP contribution in [0.5, 0.6) is 0 Å². The molecule has 3 heteroatoms. The molecule has 2 heterocycles. The molecule has 2 saturated heterocycles. The molecule has 0 saturated carbocycles. The molecule has 0 bridgehead atoms. The van der Waals surface area contributed by atoms with Crippen LogP contribution in [0.2, 0.25) is 0 Å². The minimum absolute atomic E-state index is 0.0322. The van der Waals surface area contributed by atoms with E-state index in [-0.39, 0.29) is 6.29 Å². The Morgan fingerprint density at radius 1 is 0.955 bits per heavy atom. The number of nitrogens with zero attached hydrogens (tertiary/aromatic N) is 1. The van der Waals surface area contributed by atoms with Gasteiger partial charge in [0.1, 0.15) is 0 Å². The van der Waals surface area contributed by atoms with Gasteiger partial charge in [-0.25, -0.2) is 0 Å². The minimum atomic E-state index is -0.0322. The Balaban J connectivity index is 1.59. The van der Waals surface area contributed by atoms with Gasteiger partial charge in [0.05, 0.1) is 19.3 Å². The second-order valence-electron chi connectivity index (χ2n) is 6.28. The lowest BCUT2D eigenvalue weighted by Crippen LogP contribution is -2.46. The van der Waals surface area contributed by atoms with Crippen molar-refractivity contribution in [1.82, 2.24) is 4.90 Å². The highest BCUT2D eigenvalue weighted by atomic mass is 16.7. The van der Waals surface area contributed by atoms with Crippen molar-refractivity contribution in [1.29, 1.82) is 0 Å². The van der Waals surface area contributed by atoms with Crippen LogP contribution in [0.1, 0.15) is 24.8 Å². The van der Waals surface area contributed by atoms with Crippen molar-refractivity contribution >= 4 is 10.8 Å². The van der Waals surface area contributed by atoms with Crippen molar-refractivity contribution in [2.24, 2.45) is 0 Å². The average molecular weight is 297 g/mol. The standard InChI is InChI=1S/C19H23NO2/c1-2-9-17-15(6-1)7-5-8-16(17)14-20-11-4-3-10-18(20)19-21-12-13-22-19/h1-2,5-9,18-19H,3-4,10-14H2. The summed E-state index contributed by atoms with van der Waals surface area (Å²) in [6.07, 6.45) is 3.69. The van der Waals surface area contributed by atoms with Crippen LogP contribution in [0.25, 0.3) is 10.8 Å². The van der Waals surface area contributed by atoms with Gasteiger partial charge in [0.2, 0.25) is 0 Å². The first-order valence-corrected chi connectivity index (χ1v) is 8.36. The molecule has 1 unspecified atom stereocenters. The summed E-state index contributed by atoms with van der Waals surface area (Å²) >= 11 is 0. The normalized spacial score (nSPS) is 24.1. The lowest BCUT2D eigenvalue weighted by Gasteiger charge is -2.38. The van der Waals surface area contributed by atoms with Gasteiger partial charge in [-0.2, -0.15) is 0 Å². The molecule has 1 atom stereocenters. The summed E-state index contributed by atoms with van der Waals surface area (Å²) in [5.74, 6) is 0. The fourth-order valence-corrected chi connectivity index (χ4v) is 3.77. The summed E-state index contributed by atoms with van der Waals surface area (Å²) < 4.78 is 11.6. The quantitative estimate of drug-likeness (QED) is 0.864. The van der Waals surface area contributed by atoms with Gasteiger partial charge in [0.25, 0.3) is 0 Å². The van der Waals surface area contributed by atoms with Gasteiger partial charge < -0.3 is 9.47 Å². The molecule has 2 fully saturated rings. The van der Waals surface area contributed by atoms with E-state index in [2.05, 4.69) is 47.4 Å². The lowest BCUT2D eigenvalue weighted by atomic mass is 9.98. The van der Waals surface area contributed by atoms with Gasteiger partial charge in [-0.1, -0.05) is 48.9 Å². The average Bonchev–Trinajstić information content (AvgIpc) is 3.10. The Bertz CT molecular complexity index is 631. The van der Waals surface area contributed by atoms with Crippen LogP contribution in [0, 0.1) is 0 Å². The Labute approximate surface area is 131 Å². The lowest BCUT2D eigenvalue weighted by molar-refractivity contribution is -0.111. The number of hydrogen-bond donors (Lipinski definition) is 0. The van der Waals surface area contributed by atoms with Crippen LogP contribution >= 0.6 is 0 Å². The zero-order chi connectivity index (χ0) is 14.8. The van der Waals surface area contributed by atoms with Gasteiger partial charge in [-0.3, -0.25) is 4.90 Å². The first kappa shape index (κ1) is 14.2. The molecule has 2 aromatic rings. The molecule has 2 aromatic carbocycles. The Kier molecular flexibility index (Phi) is 4.11. The Morgan fingerprint density at radius 2 is 1.77 bits per heavy atom. The largest absolute Gasteiger partial charge is 0.349 e. The first-order chi connectivity index (χ1) is 10.9. The molecule has 0 N–H and O–H groups in total. The van der Waals surface area contributed by atoms with Gasteiger partial charge in [-0.05, 0) is 35.7 Å². The topological polar surface area (TPSA) is 21.7 Å². The molecule has 0 spiro atoms. The maximum Gasteiger partial charge on any atom is 0.173 e. The third kappa shape index (κ3) is 2.76. The number of piperidine rings is 1. The van der Waals surface area contributed by atoms with E-state index in [9.17, 15) is 0 Å². The van der Waals surface area contributed by atoms with E-state index in [0.29, 0.717) is 6.04 Å². The molecule has 0 radical (unpaired) electrons. The van der Waals surface area contributed by atoms with Crippen molar-refractivity contribution < 1.29 is 9.47 Å². The molecule has 22 heavy (non-hydrogen) atoms. The van der Waals surface area contributed by atoms with E-state index in [4.69, 9.17) is 9.47 Å². The summed E-state index contributed by atoms with van der Waals surface area (Å²) in [6, 6.07) is 15.7. The first-order valence-electron chi connectivity index (χ1n) is 8.36. The second kappa shape index (κ2) is 6.37. The maximum atomic E-state index is 5.78. The van der Waals surface area contributed by atoms with Crippen LogP contribution < -0.4 is 0 Å². The number of benzene rings is 2. The van der Waals surface area contributed by atoms with E-state index in [0.717, 1.165) is 26.3 Å². The minimum Gasteiger partial charge on any atom is -0.349 e. The van der Waals surface area contributed by atoms with Crippen molar-refractivity contribution in [3.8, 4) is 0 Å². The van der Waals surface area contributed by atoms with Crippen molar-refractivity contribution in [3.63, 3.8) is 0 Å². The van der Waals surface area contributed by atoms with Crippen LogP contribution in [0.3, 0.4) is 0 Å². The number of fused-ring (bicyclic) bond motifs is 1.